The van der Waals surface area contributed by atoms with Crippen LogP contribution in [0.2, 0.25) is 0 Å². The fraction of sp³-hybridized carbons (Fsp3) is 0.400. The molecule has 0 saturated heterocycles. The predicted molar refractivity (Wildman–Crippen MR) is 62.3 cm³/mol. The lowest BCUT2D eigenvalue weighted by Crippen LogP contribution is -2.14. The molecule has 0 radical (unpaired) electrons. The summed E-state index contributed by atoms with van der Waals surface area (Å²) in [6.07, 6.45) is 1.74. The Kier molecular flexibility index (Phi) is 4.42. The van der Waals surface area contributed by atoms with Crippen LogP contribution in [-0.2, 0) is 0 Å². The van der Waals surface area contributed by atoms with E-state index < -0.39 is 0 Å². The number of rotatable bonds is 4. The maximum atomic E-state index is 8.45. The van der Waals surface area contributed by atoms with Gasteiger partial charge in [0.15, 0.2) is 5.84 Å². The molecule has 82 valence electrons. The van der Waals surface area contributed by atoms with Crippen LogP contribution < -0.4 is 5.73 Å². The first kappa shape index (κ1) is 11.8. The highest BCUT2D eigenvalue weighted by molar-refractivity contribution is 7.99. The molecule has 3 N–H and O–H groups in total. The smallest absolute Gasteiger partial charge is 0.188 e. The highest BCUT2D eigenvalue weighted by Gasteiger charge is 2.02. The largest absolute Gasteiger partial charge is 0.409 e. The average Bonchev–Trinajstić information content (AvgIpc) is 2.26. The molecule has 0 bridgehead atoms. The maximum Gasteiger partial charge on any atom is 0.188 e. The summed E-state index contributed by atoms with van der Waals surface area (Å²) >= 11 is 1.75. The molecular formula is C10H15N3OS. The number of oxime groups is 1. The van der Waals surface area contributed by atoms with Gasteiger partial charge < -0.3 is 10.9 Å². The zero-order valence-electron chi connectivity index (χ0n) is 8.84. The van der Waals surface area contributed by atoms with E-state index in [9.17, 15) is 0 Å². The third-order valence-electron chi connectivity index (χ3n) is 1.69. The number of thioether (sulfide) groups is 1. The van der Waals surface area contributed by atoms with Gasteiger partial charge in [-0.05, 0) is 18.1 Å². The Balaban J connectivity index is 2.64. The van der Waals surface area contributed by atoms with Gasteiger partial charge in [-0.2, -0.15) is 0 Å². The van der Waals surface area contributed by atoms with E-state index in [1.54, 1.807) is 24.0 Å². The summed E-state index contributed by atoms with van der Waals surface area (Å²) < 4.78 is 0. The van der Waals surface area contributed by atoms with Gasteiger partial charge in [-0.15, -0.1) is 11.8 Å². The first-order valence-electron chi connectivity index (χ1n) is 4.70. The molecule has 1 heterocycles. The van der Waals surface area contributed by atoms with Crippen LogP contribution in [-0.4, -0.2) is 21.8 Å². The summed E-state index contributed by atoms with van der Waals surface area (Å²) in [5.41, 5.74) is 5.89. The van der Waals surface area contributed by atoms with Crippen molar-refractivity contribution in [1.82, 2.24) is 4.98 Å². The normalized spacial score (nSPS) is 12.1. The van der Waals surface area contributed by atoms with E-state index in [0.29, 0.717) is 11.6 Å². The van der Waals surface area contributed by atoms with Crippen molar-refractivity contribution < 1.29 is 5.21 Å². The van der Waals surface area contributed by atoms with Crippen LogP contribution in [0.25, 0.3) is 0 Å². The summed E-state index contributed by atoms with van der Waals surface area (Å²) in [6, 6.07) is 3.67. The fourth-order valence-corrected chi connectivity index (χ4v) is 1.75. The summed E-state index contributed by atoms with van der Waals surface area (Å²) in [5, 5.41) is 11.3. The molecule has 4 nitrogen and oxygen atoms in total. The van der Waals surface area contributed by atoms with E-state index in [1.807, 2.05) is 6.07 Å². The highest BCUT2D eigenvalue weighted by Crippen LogP contribution is 2.19. The van der Waals surface area contributed by atoms with Crippen molar-refractivity contribution in [2.45, 2.75) is 18.7 Å². The van der Waals surface area contributed by atoms with Crippen molar-refractivity contribution in [2.75, 3.05) is 5.75 Å². The first-order chi connectivity index (χ1) is 7.13. The fourth-order valence-electron chi connectivity index (χ4n) is 0.931. The van der Waals surface area contributed by atoms with Crippen molar-refractivity contribution in [3.8, 4) is 0 Å². The number of hydrogen-bond donors (Lipinski definition) is 2. The van der Waals surface area contributed by atoms with Crippen LogP contribution in [0, 0.1) is 5.92 Å². The van der Waals surface area contributed by atoms with Gasteiger partial charge in [-0.3, -0.25) is 4.98 Å². The van der Waals surface area contributed by atoms with Crippen molar-refractivity contribution in [2.24, 2.45) is 16.8 Å². The molecule has 0 aromatic carbocycles. The van der Waals surface area contributed by atoms with Gasteiger partial charge in [0.2, 0.25) is 0 Å². The summed E-state index contributed by atoms with van der Waals surface area (Å²) in [5.74, 6) is 1.75. The van der Waals surface area contributed by atoms with E-state index in [4.69, 9.17) is 10.9 Å². The van der Waals surface area contributed by atoms with Gasteiger partial charge in [0.25, 0.3) is 0 Å². The second-order valence-electron chi connectivity index (χ2n) is 3.57. The minimum Gasteiger partial charge on any atom is -0.409 e. The third-order valence-corrected chi connectivity index (χ3v) is 3.10. The van der Waals surface area contributed by atoms with Crippen molar-refractivity contribution in [3.63, 3.8) is 0 Å². The van der Waals surface area contributed by atoms with E-state index in [2.05, 4.69) is 24.0 Å². The molecule has 1 rings (SSSR count). The number of nitrogens with two attached hydrogens (primary N) is 1. The summed E-state index contributed by atoms with van der Waals surface area (Å²) in [6.45, 7) is 4.34. The van der Waals surface area contributed by atoms with Gasteiger partial charge in [-0.1, -0.05) is 19.0 Å². The predicted octanol–water partition coefficient (Wildman–Crippen LogP) is 1.92. The molecule has 1 aromatic rings. The molecule has 0 aliphatic heterocycles. The van der Waals surface area contributed by atoms with E-state index in [1.165, 1.54) is 0 Å². The van der Waals surface area contributed by atoms with Gasteiger partial charge in [0, 0.05) is 16.8 Å². The number of aromatic nitrogens is 1. The number of nitrogens with zero attached hydrogens (tertiary/aromatic N) is 2. The van der Waals surface area contributed by atoms with Crippen LogP contribution in [0.5, 0.6) is 0 Å². The zero-order valence-corrected chi connectivity index (χ0v) is 9.66. The molecule has 5 heteroatoms. The molecule has 0 saturated carbocycles. The minimum atomic E-state index is 0.0374. The molecule has 0 aliphatic rings. The Bertz CT molecular complexity index is 335. The average molecular weight is 225 g/mol. The lowest BCUT2D eigenvalue weighted by Gasteiger charge is -2.04. The van der Waals surface area contributed by atoms with Crippen LogP contribution in [0.15, 0.2) is 28.4 Å². The Labute approximate surface area is 93.6 Å². The Morgan fingerprint density at radius 3 is 2.80 bits per heavy atom. The second kappa shape index (κ2) is 5.60. The number of amidine groups is 1. The minimum absolute atomic E-state index is 0.0374. The van der Waals surface area contributed by atoms with E-state index >= 15 is 0 Å². The monoisotopic (exact) mass is 225 g/mol. The van der Waals surface area contributed by atoms with Crippen molar-refractivity contribution in [1.29, 1.82) is 0 Å². The Morgan fingerprint density at radius 1 is 1.60 bits per heavy atom. The maximum absolute atomic E-state index is 8.45. The topological polar surface area (TPSA) is 71.5 Å². The quantitative estimate of drug-likeness (QED) is 0.270. The first-order valence-corrected chi connectivity index (χ1v) is 5.68. The van der Waals surface area contributed by atoms with E-state index in [0.717, 1.165) is 10.6 Å². The third kappa shape index (κ3) is 3.79. The molecule has 0 unspecified atom stereocenters. The second-order valence-corrected chi connectivity index (χ2v) is 4.66. The van der Waals surface area contributed by atoms with Gasteiger partial charge in [0.1, 0.15) is 5.69 Å². The van der Waals surface area contributed by atoms with Crippen LogP contribution in [0.1, 0.15) is 19.5 Å². The van der Waals surface area contributed by atoms with Crippen LogP contribution in [0.3, 0.4) is 0 Å². The van der Waals surface area contributed by atoms with Crippen LogP contribution >= 0.6 is 11.8 Å². The zero-order chi connectivity index (χ0) is 11.3. The molecule has 0 fully saturated rings. The highest BCUT2D eigenvalue weighted by atomic mass is 32.2. The molecule has 1 aromatic heterocycles. The molecule has 0 spiro atoms. The van der Waals surface area contributed by atoms with Gasteiger partial charge in [-0.25, -0.2) is 0 Å². The van der Waals surface area contributed by atoms with Gasteiger partial charge >= 0.3 is 0 Å². The molecular weight excluding hydrogens is 210 g/mol. The summed E-state index contributed by atoms with van der Waals surface area (Å²) in [7, 11) is 0. The Morgan fingerprint density at radius 2 is 2.33 bits per heavy atom. The number of pyridine rings is 1. The lowest BCUT2D eigenvalue weighted by molar-refractivity contribution is 0.318. The summed E-state index contributed by atoms with van der Waals surface area (Å²) in [4.78, 5) is 5.19. The van der Waals surface area contributed by atoms with Crippen LogP contribution in [0.4, 0.5) is 0 Å². The molecule has 0 aliphatic carbocycles. The van der Waals surface area contributed by atoms with E-state index in [-0.39, 0.29) is 5.84 Å². The number of hydrogen-bond acceptors (Lipinski definition) is 4. The Hall–Kier alpha value is -1.23. The molecule has 15 heavy (non-hydrogen) atoms. The lowest BCUT2D eigenvalue weighted by atomic mass is 10.3. The molecule has 0 amide bonds. The molecule has 0 atom stereocenters. The van der Waals surface area contributed by atoms with Crippen molar-refractivity contribution in [3.05, 3.63) is 24.0 Å². The van der Waals surface area contributed by atoms with Gasteiger partial charge in [0.05, 0.1) is 0 Å². The SMILES string of the molecule is CC(C)CSc1ccc(/C(N)=N/O)nc1. The van der Waals surface area contributed by atoms with Crippen molar-refractivity contribution >= 4 is 17.6 Å². The standard InChI is InChI=1S/C10H15N3OS/c1-7(2)6-15-8-3-4-9(12-5-8)10(11)13-14/h3-5,7,14H,6H2,1-2H3,(H2,11,13).